The smallest absolute Gasteiger partial charge is 0.236 e. The van der Waals surface area contributed by atoms with Crippen molar-refractivity contribution in [1.29, 1.82) is 0 Å². The molecule has 1 aromatic carbocycles. The first kappa shape index (κ1) is 19.9. The van der Waals surface area contributed by atoms with Crippen LogP contribution in [-0.2, 0) is 11.3 Å². The van der Waals surface area contributed by atoms with Crippen molar-refractivity contribution in [2.24, 2.45) is 0 Å². The topological polar surface area (TPSA) is 89.1 Å². The standard InChI is InChI=1S/C19H24N6O2S/c1-4-24(5-2)15-9-7-14(8-10-15)18-21-22-19(25(18)6-3)28-13-17(26)20-16-11-12-27-23-16/h7-12H,4-6,13H2,1-3H3,(H,20,23,26). The summed E-state index contributed by atoms with van der Waals surface area (Å²) in [6, 6.07) is 9.94. The van der Waals surface area contributed by atoms with Crippen LogP contribution in [0.4, 0.5) is 11.5 Å². The Morgan fingerprint density at radius 1 is 1.14 bits per heavy atom. The minimum Gasteiger partial charge on any atom is -0.372 e. The third-order valence-corrected chi connectivity index (χ3v) is 5.29. The lowest BCUT2D eigenvalue weighted by Crippen LogP contribution is -2.21. The van der Waals surface area contributed by atoms with Crippen molar-refractivity contribution in [2.45, 2.75) is 32.5 Å². The predicted molar refractivity (Wildman–Crippen MR) is 111 cm³/mol. The first-order chi connectivity index (χ1) is 13.7. The van der Waals surface area contributed by atoms with Crippen LogP contribution >= 0.6 is 11.8 Å². The minimum atomic E-state index is -0.172. The van der Waals surface area contributed by atoms with E-state index in [-0.39, 0.29) is 11.7 Å². The van der Waals surface area contributed by atoms with Gasteiger partial charge in [-0.2, -0.15) is 0 Å². The molecule has 148 valence electrons. The molecule has 0 unspecified atom stereocenters. The van der Waals surface area contributed by atoms with Crippen LogP contribution in [0, 0.1) is 0 Å². The lowest BCUT2D eigenvalue weighted by atomic mass is 10.2. The third-order valence-electron chi connectivity index (χ3n) is 4.32. The van der Waals surface area contributed by atoms with E-state index in [9.17, 15) is 4.79 Å². The van der Waals surface area contributed by atoms with Crippen molar-refractivity contribution in [2.75, 3.05) is 29.1 Å². The second kappa shape index (κ2) is 9.41. The fourth-order valence-corrected chi connectivity index (χ4v) is 3.69. The number of aromatic nitrogens is 4. The van der Waals surface area contributed by atoms with Crippen LogP contribution in [0.3, 0.4) is 0 Å². The maximum atomic E-state index is 12.0. The molecular weight excluding hydrogens is 376 g/mol. The van der Waals surface area contributed by atoms with Crippen LogP contribution < -0.4 is 10.2 Å². The van der Waals surface area contributed by atoms with Gasteiger partial charge in [-0.15, -0.1) is 10.2 Å². The highest BCUT2D eigenvalue weighted by Gasteiger charge is 2.15. The predicted octanol–water partition coefficient (Wildman–Crippen LogP) is 3.53. The summed E-state index contributed by atoms with van der Waals surface area (Å²) >= 11 is 1.34. The van der Waals surface area contributed by atoms with E-state index in [0.29, 0.717) is 17.5 Å². The summed E-state index contributed by atoms with van der Waals surface area (Å²) in [6.45, 7) is 8.99. The summed E-state index contributed by atoms with van der Waals surface area (Å²) in [6.07, 6.45) is 1.41. The van der Waals surface area contributed by atoms with E-state index >= 15 is 0 Å². The van der Waals surface area contributed by atoms with Crippen LogP contribution in [0.15, 0.2) is 46.3 Å². The van der Waals surface area contributed by atoms with Crippen LogP contribution in [0.5, 0.6) is 0 Å². The molecule has 8 nitrogen and oxygen atoms in total. The normalized spacial score (nSPS) is 10.8. The van der Waals surface area contributed by atoms with Gasteiger partial charge in [-0.3, -0.25) is 4.79 Å². The van der Waals surface area contributed by atoms with E-state index in [0.717, 1.165) is 24.5 Å². The molecule has 0 radical (unpaired) electrons. The molecule has 0 saturated heterocycles. The van der Waals surface area contributed by atoms with Gasteiger partial charge in [0.1, 0.15) is 6.26 Å². The summed E-state index contributed by atoms with van der Waals surface area (Å²) in [4.78, 5) is 14.3. The van der Waals surface area contributed by atoms with E-state index in [1.165, 1.54) is 23.7 Å². The van der Waals surface area contributed by atoms with Gasteiger partial charge in [-0.25, -0.2) is 0 Å². The molecule has 0 spiro atoms. The number of hydrogen-bond acceptors (Lipinski definition) is 7. The first-order valence-corrected chi connectivity index (χ1v) is 10.3. The second-order valence-electron chi connectivity index (χ2n) is 5.99. The van der Waals surface area contributed by atoms with Crippen molar-refractivity contribution in [1.82, 2.24) is 19.9 Å². The molecule has 2 aromatic heterocycles. The molecule has 2 heterocycles. The van der Waals surface area contributed by atoms with Crippen molar-refractivity contribution in [3.05, 3.63) is 36.6 Å². The molecule has 3 aromatic rings. The van der Waals surface area contributed by atoms with Crippen LogP contribution in [0.25, 0.3) is 11.4 Å². The Hall–Kier alpha value is -2.81. The Morgan fingerprint density at radius 2 is 1.89 bits per heavy atom. The minimum absolute atomic E-state index is 0.172. The zero-order valence-corrected chi connectivity index (χ0v) is 17.1. The molecule has 0 aliphatic heterocycles. The van der Waals surface area contributed by atoms with Gasteiger partial charge in [-0.1, -0.05) is 16.9 Å². The Kier molecular flexibility index (Phi) is 6.70. The molecule has 0 bridgehead atoms. The molecule has 0 atom stereocenters. The zero-order chi connectivity index (χ0) is 19.9. The van der Waals surface area contributed by atoms with Gasteiger partial charge in [0.2, 0.25) is 5.91 Å². The van der Waals surface area contributed by atoms with Gasteiger partial charge in [0, 0.05) is 37.0 Å². The lowest BCUT2D eigenvalue weighted by Gasteiger charge is -2.21. The Morgan fingerprint density at radius 3 is 2.50 bits per heavy atom. The molecule has 28 heavy (non-hydrogen) atoms. The molecule has 1 N–H and O–H groups in total. The molecule has 0 aliphatic carbocycles. The largest absolute Gasteiger partial charge is 0.372 e. The van der Waals surface area contributed by atoms with Gasteiger partial charge in [0.05, 0.1) is 5.75 Å². The summed E-state index contributed by atoms with van der Waals surface area (Å²) in [5.74, 6) is 1.24. The number of rotatable bonds is 9. The van der Waals surface area contributed by atoms with Gasteiger partial charge in [-0.05, 0) is 45.0 Å². The monoisotopic (exact) mass is 400 g/mol. The van der Waals surface area contributed by atoms with Gasteiger partial charge < -0.3 is 19.3 Å². The molecule has 0 aliphatic rings. The Labute approximate surface area is 168 Å². The number of amides is 1. The number of benzene rings is 1. The van der Waals surface area contributed by atoms with Crippen LogP contribution in [-0.4, -0.2) is 44.7 Å². The van der Waals surface area contributed by atoms with Crippen molar-refractivity contribution in [3.63, 3.8) is 0 Å². The summed E-state index contributed by atoms with van der Waals surface area (Å²) in [7, 11) is 0. The molecule has 1 amide bonds. The molecule has 3 rings (SSSR count). The first-order valence-electron chi connectivity index (χ1n) is 9.27. The molecule has 0 fully saturated rings. The lowest BCUT2D eigenvalue weighted by molar-refractivity contribution is -0.113. The van der Waals surface area contributed by atoms with Gasteiger partial charge >= 0.3 is 0 Å². The average Bonchev–Trinajstić information content (AvgIpc) is 3.37. The van der Waals surface area contributed by atoms with E-state index in [1.807, 2.05) is 11.5 Å². The average molecular weight is 401 g/mol. The number of thioether (sulfide) groups is 1. The highest BCUT2D eigenvalue weighted by molar-refractivity contribution is 7.99. The molecular formula is C19H24N6O2S. The maximum absolute atomic E-state index is 12.0. The number of nitrogens with zero attached hydrogens (tertiary/aromatic N) is 5. The van der Waals surface area contributed by atoms with E-state index in [1.54, 1.807) is 6.07 Å². The number of anilines is 2. The van der Waals surface area contributed by atoms with E-state index in [4.69, 9.17) is 4.52 Å². The van der Waals surface area contributed by atoms with Crippen LogP contribution in [0.2, 0.25) is 0 Å². The second-order valence-corrected chi connectivity index (χ2v) is 6.93. The SMILES string of the molecule is CCN(CC)c1ccc(-c2nnc(SCC(=O)Nc3ccon3)n2CC)cc1. The number of hydrogen-bond donors (Lipinski definition) is 1. The fourth-order valence-electron chi connectivity index (χ4n) is 2.89. The molecule has 0 saturated carbocycles. The maximum Gasteiger partial charge on any atom is 0.236 e. The number of carbonyl (C=O) groups excluding carboxylic acids is 1. The summed E-state index contributed by atoms with van der Waals surface area (Å²) in [5.41, 5.74) is 2.19. The third kappa shape index (κ3) is 4.53. The van der Waals surface area contributed by atoms with Crippen LogP contribution in [0.1, 0.15) is 20.8 Å². The number of nitrogens with one attached hydrogen (secondary N) is 1. The van der Waals surface area contributed by atoms with Gasteiger partial charge in [0.15, 0.2) is 16.8 Å². The van der Waals surface area contributed by atoms with Crippen molar-refractivity contribution >= 4 is 29.2 Å². The van der Waals surface area contributed by atoms with Gasteiger partial charge in [0.25, 0.3) is 0 Å². The summed E-state index contributed by atoms with van der Waals surface area (Å²) in [5, 5.41) is 15.7. The highest BCUT2D eigenvalue weighted by Crippen LogP contribution is 2.26. The zero-order valence-electron chi connectivity index (χ0n) is 16.3. The number of carbonyl (C=O) groups is 1. The Balaban J connectivity index is 1.70. The highest BCUT2D eigenvalue weighted by atomic mass is 32.2. The molecule has 9 heteroatoms. The fraction of sp³-hybridized carbons (Fsp3) is 0.368. The van der Waals surface area contributed by atoms with Crippen molar-refractivity contribution < 1.29 is 9.32 Å². The summed E-state index contributed by atoms with van der Waals surface area (Å²) < 4.78 is 6.72. The van der Waals surface area contributed by atoms with Crippen molar-refractivity contribution in [3.8, 4) is 11.4 Å². The quantitative estimate of drug-likeness (QED) is 0.550. The van der Waals surface area contributed by atoms with E-state index < -0.39 is 0 Å². The Bertz CT molecular complexity index is 888. The van der Waals surface area contributed by atoms with E-state index in [2.05, 4.69) is 63.7 Å².